The Bertz CT molecular complexity index is 380. The van der Waals surface area contributed by atoms with E-state index in [1.54, 1.807) is 0 Å². The summed E-state index contributed by atoms with van der Waals surface area (Å²) in [5.41, 5.74) is 0. The van der Waals surface area contributed by atoms with E-state index in [0.717, 1.165) is 18.9 Å². The molecule has 1 fully saturated rings. The third-order valence-electron chi connectivity index (χ3n) is 4.44. The van der Waals surface area contributed by atoms with Crippen LogP contribution in [0.4, 0.5) is 0 Å². The molecule has 1 aromatic heterocycles. The molecule has 114 valence electrons. The zero-order chi connectivity index (χ0) is 14.4. The molecule has 1 aliphatic rings. The third-order valence-corrected chi connectivity index (χ3v) is 5.85. The van der Waals surface area contributed by atoms with Gasteiger partial charge in [0.15, 0.2) is 0 Å². The molecule has 0 saturated carbocycles. The van der Waals surface area contributed by atoms with Crippen LogP contribution < -0.4 is 5.32 Å². The van der Waals surface area contributed by atoms with Crippen molar-refractivity contribution in [2.45, 2.75) is 52.5 Å². The Morgan fingerprint density at radius 3 is 2.75 bits per heavy atom. The van der Waals surface area contributed by atoms with Crippen molar-refractivity contribution in [3.05, 3.63) is 21.9 Å². The first-order valence-corrected chi connectivity index (χ1v) is 9.05. The molecule has 2 heterocycles. The SMILES string of the molecule is CCc1ccc(C(C)NCCCN2CCC(C)CC2)s1. The number of thiophene rings is 1. The third kappa shape index (κ3) is 4.87. The smallest absolute Gasteiger partial charge is 0.0386 e. The first-order chi connectivity index (χ1) is 9.69. The van der Waals surface area contributed by atoms with E-state index in [4.69, 9.17) is 0 Å². The van der Waals surface area contributed by atoms with Gasteiger partial charge in [-0.2, -0.15) is 0 Å². The van der Waals surface area contributed by atoms with E-state index in [0.29, 0.717) is 6.04 Å². The van der Waals surface area contributed by atoms with E-state index in [1.807, 2.05) is 11.3 Å². The summed E-state index contributed by atoms with van der Waals surface area (Å²) in [6.45, 7) is 11.9. The molecule has 0 aromatic carbocycles. The molecule has 0 radical (unpaired) electrons. The van der Waals surface area contributed by atoms with Crippen molar-refractivity contribution in [2.24, 2.45) is 5.92 Å². The molecule has 1 atom stereocenters. The average molecular weight is 295 g/mol. The predicted octanol–water partition coefficient (Wildman–Crippen LogP) is 4.08. The van der Waals surface area contributed by atoms with E-state index in [9.17, 15) is 0 Å². The Labute approximate surface area is 128 Å². The maximum atomic E-state index is 3.67. The van der Waals surface area contributed by atoms with Crippen LogP contribution in [0.15, 0.2) is 12.1 Å². The number of aryl methyl sites for hydroxylation is 1. The molecule has 1 unspecified atom stereocenters. The lowest BCUT2D eigenvalue weighted by Gasteiger charge is -2.30. The Morgan fingerprint density at radius 2 is 2.10 bits per heavy atom. The largest absolute Gasteiger partial charge is 0.309 e. The van der Waals surface area contributed by atoms with Gasteiger partial charge in [0.05, 0.1) is 0 Å². The summed E-state index contributed by atoms with van der Waals surface area (Å²) in [5.74, 6) is 0.941. The highest BCUT2D eigenvalue weighted by Gasteiger charge is 2.15. The number of likely N-dealkylation sites (tertiary alicyclic amines) is 1. The van der Waals surface area contributed by atoms with Crippen LogP contribution in [0, 0.1) is 5.92 Å². The summed E-state index contributed by atoms with van der Waals surface area (Å²) in [7, 11) is 0. The standard InChI is InChI=1S/C17H30N2S/c1-4-16-6-7-17(20-16)15(3)18-10-5-11-19-12-8-14(2)9-13-19/h6-7,14-15,18H,4-5,8-13H2,1-3H3. The van der Waals surface area contributed by atoms with Gasteiger partial charge < -0.3 is 10.2 Å². The molecular weight excluding hydrogens is 264 g/mol. The molecule has 20 heavy (non-hydrogen) atoms. The molecule has 1 aromatic rings. The zero-order valence-electron chi connectivity index (χ0n) is 13.3. The second-order valence-electron chi connectivity index (χ2n) is 6.21. The van der Waals surface area contributed by atoms with Crippen LogP contribution in [0.25, 0.3) is 0 Å². The van der Waals surface area contributed by atoms with Crippen LogP contribution >= 0.6 is 11.3 Å². The van der Waals surface area contributed by atoms with Crippen LogP contribution in [-0.2, 0) is 6.42 Å². The van der Waals surface area contributed by atoms with E-state index in [1.165, 1.54) is 48.7 Å². The molecule has 1 N–H and O–H groups in total. The van der Waals surface area contributed by atoms with Crippen molar-refractivity contribution in [3.8, 4) is 0 Å². The van der Waals surface area contributed by atoms with Crippen molar-refractivity contribution in [1.82, 2.24) is 10.2 Å². The van der Waals surface area contributed by atoms with Gasteiger partial charge in [-0.05, 0) is 76.8 Å². The molecular formula is C17H30N2S. The van der Waals surface area contributed by atoms with Crippen LogP contribution in [0.1, 0.15) is 55.8 Å². The first-order valence-electron chi connectivity index (χ1n) is 8.23. The first kappa shape index (κ1) is 16.0. The summed E-state index contributed by atoms with van der Waals surface area (Å²) in [4.78, 5) is 5.61. The van der Waals surface area contributed by atoms with Crippen molar-refractivity contribution >= 4 is 11.3 Å². The second-order valence-corrected chi connectivity index (χ2v) is 7.41. The normalized spacial score (nSPS) is 19.4. The van der Waals surface area contributed by atoms with Gasteiger partial charge >= 0.3 is 0 Å². The summed E-state index contributed by atoms with van der Waals surface area (Å²) in [6, 6.07) is 5.06. The summed E-state index contributed by atoms with van der Waals surface area (Å²) in [6.07, 6.45) is 5.20. The van der Waals surface area contributed by atoms with Crippen LogP contribution in [0.2, 0.25) is 0 Å². The van der Waals surface area contributed by atoms with Crippen LogP contribution in [0.3, 0.4) is 0 Å². The van der Waals surface area contributed by atoms with Gasteiger partial charge in [0.2, 0.25) is 0 Å². The zero-order valence-corrected chi connectivity index (χ0v) is 14.1. The lowest BCUT2D eigenvalue weighted by molar-refractivity contribution is 0.190. The molecule has 0 amide bonds. The van der Waals surface area contributed by atoms with E-state index >= 15 is 0 Å². The molecule has 0 bridgehead atoms. The lowest BCUT2D eigenvalue weighted by Crippen LogP contribution is -2.35. The molecule has 3 heteroatoms. The Kier molecular flexibility index (Phi) is 6.53. The molecule has 1 aliphatic heterocycles. The maximum Gasteiger partial charge on any atom is 0.0386 e. The van der Waals surface area contributed by atoms with Crippen molar-refractivity contribution in [3.63, 3.8) is 0 Å². The highest BCUT2D eigenvalue weighted by Crippen LogP contribution is 2.23. The average Bonchev–Trinajstić information content (AvgIpc) is 2.94. The molecule has 2 nitrogen and oxygen atoms in total. The number of hydrogen-bond donors (Lipinski definition) is 1. The Morgan fingerprint density at radius 1 is 1.35 bits per heavy atom. The molecule has 1 saturated heterocycles. The monoisotopic (exact) mass is 294 g/mol. The fraction of sp³-hybridized carbons (Fsp3) is 0.765. The predicted molar refractivity (Wildman–Crippen MR) is 89.6 cm³/mol. The molecule has 0 aliphatic carbocycles. The minimum atomic E-state index is 0.502. The number of nitrogens with one attached hydrogen (secondary N) is 1. The highest BCUT2D eigenvalue weighted by atomic mass is 32.1. The van der Waals surface area contributed by atoms with Gasteiger partial charge in [0.1, 0.15) is 0 Å². The number of hydrogen-bond acceptors (Lipinski definition) is 3. The minimum absolute atomic E-state index is 0.502. The minimum Gasteiger partial charge on any atom is -0.309 e. The van der Waals surface area contributed by atoms with Crippen LogP contribution in [0.5, 0.6) is 0 Å². The maximum absolute atomic E-state index is 3.67. The van der Waals surface area contributed by atoms with Crippen molar-refractivity contribution in [2.75, 3.05) is 26.2 Å². The van der Waals surface area contributed by atoms with Crippen LogP contribution in [-0.4, -0.2) is 31.1 Å². The van der Waals surface area contributed by atoms with Gasteiger partial charge in [0.25, 0.3) is 0 Å². The van der Waals surface area contributed by atoms with Gasteiger partial charge in [-0.25, -0.2) is 0 Å². The summed E-state index contributed by atoms with van der Waals surface area (Å²) < 4.78 is 0. The lowest BCUT2D eigenvalue weighted by atomic mass is 9.99. The molecule has 2 rings (SSSR count). The van der Waals surface area contributed by atoms with Gasteiger partial charge in [-0.3, -0.25) is 0 Å². The van der Waals surface area contributed by atoms with E-state index in [-0.39, 0.29) is 0 Å². The summed E-state index contributed by atoms with van der Waals surface area (Å²) in [5, 5.41) is 3.67. The highest BCUT2D eigenvalue weighted by molar-refractivity contribution is 7.12. The van der Waals surface area contributed by atoms with Crippen molar-refractivity contribution in [1.29, 1.82) is 0 Å². The quantitative estimate of drug-likeness (QED) is 0.762. The van der Waals surface area contributed by atoms with Crippen molar-refractivity contribution < 1.29 is 0 Å². The topological polar surface area (TPSA) is 15.3 Å². The van der Waals surface area contributed by atoms with Gasteiger partial charge in [-0.15, -0.1) is 11.3 Å². The van der Waals surface area contributed by atoms with Gasteiger partial charge in [-0.1, -0.05) is 13.8 Å². The number of rotatable bonds is 7. The van der Waals surface area contributed by atoms with Gasteiger partial charge in [0, 0.05) is 15.8 Å². The van der Waals surface area contributed by atoms with E-state index < -0.39 is 0 Å². The number of nitrogens with zero attached hydrogens (tertiary/aromatic N) is 1. The fourth-order valence-electron chi connectivity index (χ4n) is 2.82. The number of piperidine rings is 1. The fourth-order valence-corrected chi connectivity index (χ4v) is 3.80. The molecule has 0 spiro atoms. The summed E-state index contributed by atoms with van der Waals surface area (Å²) >= 11 is 1.95. The Hall–Kier alpha value is -0.380. The second kappa shape index (κ2) is 8.16. The Balaban J connectivity index is 1.60. The van der Waals surface area contributed by atoms with E-state index in [2.05, 4.69) is 43.1 Å².